The molecule has 0 aliphatic rings. The molecular weight excluding hydrogens is 480 g/mol. The van der Waals surface area contributed by atoms with Gasteiger partial charge in [0.25, 0.3) is 0 Å². The monoisotopic (exact) mass is 498 g/mol. The van der Waals surface area contributed by atoms with Crippen LogP contribution >= 0.6 is 8.24 Å². The van der Waals surface area contributed by atoms with Crippen LogP contribution in [-0.2, 0) is 27.9 Å². The summed E-state index contributed by atoms with van der Waals surface area (Å²) in [7, 11) is 1.82. The summed E-state index contributed by atoms with van der Waals surface area (Å²) < 4.78 is 1.28. The van der Waals surface area contributed by atoms with E-state index in [1.165, 1.54) is 10.9 Å². The van der Waals surface area contributed by atoms with E-state index < -0.39 is 41.1 Å². The molecule has 20 heavy (non-hydrogen) atoms. The predicted molar refractivity (Wildman–Crippen MR) is 76.2 cm³/mol. The minimum absolute atomic E-state index is 0. The number of carboxylic acid groups (broad SMARTS) is 2. The standard InChI is InChI=1S/C7H6O2S.C3H6O3.C2H5.Hg.Na.H/c8-7(9)5-3-1-2-4-6(5)10;1-2(4)3(5)6;1-2;;;/h1-4,10H,(H,8,9);2,4H,1H3,(H,5,6);1H2,2H3;;;/q;;;+1;;/p-1. The van der Waals surface area contributed by atoms with Gasteiger partial charge >= 0.3 is 128 Å². The van der Waals surface area contributed by atoms with Crippen LogP contribution in [0.1, 0.15) is 24.2 Å². The third kappa shape index (κ3) is 10.2. The van der Waals surface area contributed by atoms with E-state index in [-0.39, 0.29) is 29.6 Å². The zero-order valence-electron chi connectivity index (χ0n) is 10.9. The van der Waals surface area contributed by atoms with Gasteiger partial charge in [0.2, 0.25) is 0 Å². The average molecular weight is 497 g/mol. The summed E-state index contributed by atoms with van der Waals surface area (Å²) in [4.78, 5) is 21.2. The van der Waals surface area contributed by atoms with Gasteiger partial charge in [-0.3, -0.25) is 0 Å². The molecule has 1 unspecified atom stereocenters. The summed E-state index contributed by atoms with van der Waals surface area (Å²) in [5, 5.41) is 24.6. The van der Waals surface area contributed by atoms with Gasteiger partial charge in [-0.25, -0.2) is 4.79 Å². The van der Waals surface area contributed by atoms with Gasteiger partial charge in [0.05, 0.1) is 0 Å². The van der Waals surface area contributed by atoms with Crippen LogP contribution in [0.2, 0.25) is 3.93 Å². The van der Waals surface area contributed by atoms with E-state index in [9.17, 15) is 9.59 Å². The van der Waals surface area contributed by atoms with Crippen LogP contribution in [0.3, 0.4) is 0 Å². The second-order valence-corrected chi connectivity index (χ2v) is 16.8. The Morgan fingerprint density at radius 1 is 1.30 bits per heavy atom. The third-order valence-corrected chi connectivity index (χ3v) is 14.0. The zero-order chi connectivity index (χ0) is 14.8. The Bertz CT molecular complexity index is 428. The summed E-state index contributed by atoms with van der Waals surface area (Å²) in [5.74, 6) is -2.00. The van der Waals surface area contributed by atoms with E-state index in [1.807, 2.05) is 20.4 Å². The van der Waals surface area contributed by atoms with E-state index in [0.717, 1.165) is 4.90 Å². The first kappa shape index (κ1) is 22.7. The van der Waals surface area contributed by atoms with E-state index in [1.54, 1.807) is 12.1 Å². The number of aromatic carboxylic acids is 1. The molecule has 0 aliphatic carbocycles. The molecule has 0 aromatic heterocycles. The number of aliphatic hydroxyl groups excluding tert-OH is 1. The number of aliphatic carboxylic acids is 1. The van der Waals surface area contributed by atoms with Gasteiger partial charge in [0.1, 0.15) is 6.10 Å². The topological polar surface area (TPSA) is 94.8 Å². The predicted octanol–water partition coefficient (Wildman–Crippen LogP) is 1.72. The Kier molecular flexibility index (Phi) is 14.9. The van der Waals surface area contributed by atoms with Crippen LogP contribution in [0, 0.1) is 0 Å². The molecular formula is C12H17HgNaO5S. The molecule has 1 atom stereocenters. The Morgan fingerprint density at radius 2 is 1.80 bits per heavy atom. The molecule has 3 N–H and O–H groups in total. The number of aliphatic hydroxyl groups is 1. The van der Waals surface area contributed by atoms with Gasteiger partial charge in [-0.2, -0.15) is 0 Å². The fourth-order valence-electron chi connectivity index (χ4n) is 0.981. The van der Waals surface area contributed by atoms with E-state index in [2.05, 4.69) is 6.92 Å². The number of rotatable bonds is 5. The first-order valence-electron chi connectivity index (χ1n) is 5.76. The fraction of sp³-hybridized carbons (Fsp3) is 0.333. The maximum absolute atomic E-state index is 10.8. The van der Waals surface area contributed by atoms with E-state index in [4.69, 9.17) is 15.3 Å². The molecule has 0 spiro atoms. The molecule has 104 valence electrons. The number of hydrogen-bond donors (Lipinski definition) is 3. The van der Waals surface area contributed by atoms with Crippen molar-refractivity contribution in [2.75, 3.05) is 0 Å². The molecule has 1 aromatic rings. The maximum atomic E-state index is 10.8. The Labute approximate surface area is 155 Å². The van der Waals surface area contributed by atoms with Crippen molar-refractivity contribution in [3.8, 4) is 0 Å². The molecule has 0 heterocycles. The quantitative estimate of drug-likeness (QED) is 0.537. The van der Waals surface area contributed by atoms with Crippen LogP contribution in [0.15, 0.2) is 29.2 Å². The van der Waals surface area contributed by atoms with Gasteiger partial charge in [0, 0.05) is 0 Å². The van der Waals surface area contributed by atoms with Crippen molar-refractivity contribution >= 4 is 49.7 Å². The fourth-order valence-corrected chi connectivity index (χ4v) is 9.77. The van der Waals surface area contributed by atoms with E-state index in [0.29, 0.717) is 5.56 Å². The van der Waals surface area contributed by atoms with Crippen molar-refractivity contribution in [2.24, 2.45) is 0 Å². The Hall–Kier alpha value is 0.405. The number of carboxylic acids is 2. The summed E-state index contributed by atoms with van der Waals surface area (Å²) in [6.07, 6.45) is -1.23. The average Bonchev–Trinajstić information content (AvgIpc) is 2.37. The van der Waals surface area contributed by atoms with Gasteiger partial charge in [-0.1, -0.05) is 0 Å². The van der Waals surface area contributed by atoms with Gasteiger partial charge < -0.3 is 10.2 Å². The Balaban J connectivity index is 0. The zero-order valence-corrected chi connectivity index (χ0v) is 17.2. The van der Waals surface area contributed by atoms with E-state index >= 15 is 0 Å². The second kappa shape index (κ2) is 13.1. The number of carbonyl (C=O) groups is 2. The van der Waals surface area contributed by atoms with Crippen molar-refractivity contribution in [1.29, 1.82) is 0 Å². The van der Waals surface area contributed by atoms with Crippen molar-refractivity contribution in [3.05, 3.63) is 29.8 Å². The van der Waals surface area contributed by atoms with Crippen molar-refractivity contribution in [3.63, 3.8) is 0 Å². The normalized spacial score (nSPS) is 10.2. The number of hydrogen-bond acceptors (Lipinski definition) is 4. The molecule has 0 radical (unpaired) electrons. The van der Waals surface area contributed by atoms with Crippen LogP contribution in [-0.4, -0.2) is 62.9 Å². The van der Waals surface area contributed by atoms with Crippen molar-refractivity contribution in [1.82, 2.24) is 0 Å². The van der Waals surface area contributed by atoms with Crippen LogP contribution < -0.4 is 0 Å². The third-order valence-electron chi connectivity index (χ3n) is 1.94. The summed E-state index contributed by atoms with van der Waals surface area (Å²) in [5.41, 5.74) is 0.459. The minimum atomic E-state index is -1.23. The molecule has 1 aromatic carbocycles. The molecule has 5 nitrogen and oxygen atoms in total. The first-order chi connectivity index (χ1) is 8.90. The summed E-state index contributed by atoms with van der Waals surface area (Å²) in [6, 6.07) is 7.26. The van der Waals surface area contributed by atoms with Crippen molar-refractivity contribution in [2.45, 2.75) is 28.8 Å². The second-order valence-electron chi connectivity index (χ2n) is 3.66. The molecule has 0 bridgehead atoms. The van der Waals surface area contributed by atoms with Crippen LogP contribution in [0.4, 0.5) is 0 Å². The van der Waals surface area contributed by atoms with Gasteiger partial charge in [0.15, 0.2) is 0 Å². The molecule has 0 saturated heterocycles. The SMILES string of the molecule is CC(O)C(=O)O.C[CH2][Hg][S]c1ccccc1C(=O)O.[NaH]. The summed E-state index contributed by atoms with van der Waals surface area (Å²) in [6.45, 7) is 3.38. The van der Waals surface area contributed by atoms with Gasteiger partial charge in [-0.05, 0) is 6.92 Å². The van der Waals surface area contributed by atoms with Gasteiger partial charge in [-0.15, -0.1) is 0 Å². The summed E-state index contributed by atoms with van der Waals surface area (Å²) >= 11 is -0.860. The molecule has 1 rings (SSSR count). The molecule has 0 fully saturated rings. The van der Waals surface area contributed by atoms with Crippen molar-refractivity contribution < 1.29 is 48.0 Å². The molecule has 8 heteroatoms. The Morgan fingerprint density at radius 3 is 2.20 bits per heavy atom. The van der Waals surface area contributed by atoms with Crippen LogP contribution in [0.25, 0.3) is 0 Å². The first-order valence-corrected chi connectivity index (χ1v) is 17.4. The molecule has 0 saturated carbocycles. The number of benzene rings is 1. The van der Waals surface area contributed by atoms with Crippen LogP contribution in [0.5, 0.6) is 0 Å². The molecule has 0 amide bonds. The molecule has 0 aliphatic heterocycles.